The quantitative estimate of drug-likeness (QED) is 0.726. The lowest BCUT2D eigenvalue weighted by atomic mass is 10.0. The summed E-state index contributed by atoms with van der Waals surface area (Å²) < 4.78 is 1.76. The van der Waals surface area contributed by atoms with E-state index in [2.05, 4.69) is 35.8 Å². The van der Waals surface area contributed by atoms with E-state index >= 15 is 0 Å². The van der Waals surface area contributed by atoms with Crippen LogP contribution in [0.15, 0.2) is 30.9 Å². The maximum Gasteiger partial charge on any atom is 0.137 e. The average molecular weight is 376 g/mol. The summed E-state index contributed by atoms with van der Waals surface area (Å²) in [7, 11) is 0. The van der Waals surface area contributed by atoms with Gasteiger partial charge in [-0.25, -0.2) is 14.6 Å². The molecule has 0 bridgehead atoms. The van der Waals surface area contributed by atoms with E-state index in [4.69, 9.17) is 28.2 Å². The lowest BCUT2D eigenvalue weighted by Gasteiger charge is -2.04. The van der Waals surface area contributed by atoms with Crippen molar-refractivity contribution in [1.29, 1.82) is 0 Å². The number of nitrogens with zero attached hydrogens (tertiary/aromatic N) is 4. The van der Waals surface area contributed by atoms with Crippen LogP contribution >= 0.6 is 23.2 Å². The Morgan fingerprint density at radius 3 is 2.52 bits per heavy atom. The zero-order valence-electron chi connectivity index (χ0n) is 14.3. The number of hydrogen-bond acceptors (Lipinski definition) is 3. The smallest absolute Gasteiger partial charge is 0.137 e. The third kappa shape index (κ3) is 2.96. The van der Waals surface area contributed by atoms with Gasteiger partial charge in [0.1, 0.15) is 25.0 Å². The van der Waals surface area contributed by atoms with Crippen LogP contribution in [0, 0.1) is 12.3 Å². The van der Waals surface area contributed by atoms with Crippen LogP contribution in [0.1, 0.15) is 48.5 Å². The van der Waals surface area contributed by atoms with E-state index in [0.29, 0.717) is 28.4 Å². The fourth-order valence-electron chi connectivity index (χ4n) is 3.91. The molecule has 2 atom stereocenters. The van der Waals surface area contributed by atoms with Crippen LogP contribution in [0.3, 0.4) is 0 Å². The summed E-state index contributed by atoms with van der Waals surface area (Å²) in [6.45, 7) is 7.19. The fourth-order valence-corrected chi connectivity index (χ4v) is 4.45. The number of H-pyrrole nitrogens is 1. The van der Waals surface area contributed by atoms with Crippen LogP contribution in [0.5, 0.6) is 0 Å². The highest BCUT2D eigenvalue weighted by Gasteiger charge is 2.60. The molecule has 3 aromatic rings. The Balaban J connectivity index is 1.64. The highest BCUT2D eigenvalue weighted by molar-refractivity contribution is 6.34. The number of aryl methyl sites for hydroxylation is 1. The van der Waals surface area contributed by atoms with E-state index in [1.165, 1.54) is 11.9 Å². The van der Waals surface area contributed by atoms with Gasteiger partial charge in [0.2, 0.25) is 0 Å². The Labute approximate surface area is 156 Å². The molecule has 5 nitrogen and oxygen atoms in total. The third-order valence-corrected chi connectivity index (χ3v) is 5.55. The van der Waals surface area contributed by atoms with Crippen LogP contribution < -0.4 is 0 Å². The lowest BCUT2D eigenvalue weighted by Crippen LogP contribution is -2.01. The van der Waals surface area contributed by atoms with Gasteiger partial charge >= 0.3 is 0 Å². The second-order valence-electron chi connectivity index (χ2n) is 7.27. The lowest BCUT2D eigenvalue weighted by molar-refractivity contribution is 0.596. The summed E-state index contributed by atoms with van der Waals surface area (Å²) in [5, 5.41) is 5.49. The van der Waals surface area contributed by atoms with E-state index in [1.54, 1.807) is 17.1 Å². The van der Waals surface area contributed by atoms with Crippen molar-refractivity contribution in [3.05, 3.63) is 63.7 Å². The summed E-state index contributed by atoms with van der Waals surface area (Å²) in [5.74, 6) is 1.58. The Bertz CT molecular complexity index is 893. The summed E-state index contributed by atoms with van der Waals surface area (Å²) in [6, 6.07) is 5.79. The average Bonchev–Trinajstić information content (AvgIpc) is 2.88. The molecule has 4 rings (SSSR count). The van der Waals surface area contributed by atoms with Crippen molar-refractivity contribution in [3.8, 4) is 0 Å². The van der Waals surface area contributed by atoms with Crippen LogP contribution in [0.2, 0.25) is 10.0 Å². The predicted molar refractivity (Wildman–Crippen MR) is 98.2 cm³/mol. The number of imidazole rings is 1. The molecule has 25 heavy (non-hydrogen) atoms. The Morgan fingerprint density at radius 1 is 1.16 bits per heavy atom. The molecule has 1 fully saturated rings. The number of aromatic nitrogens is 5. The van der Waals surface area contributed by atoms with Crippen molar-refractivity contribution >= 4 is 23.2 Å². The first-order valence-corrected chi connectivity index (χ1v) is 8.95. The standard InChI is InChI=1S/C18H19Cl2N5/c1-10-17(24-14(23-10)7-25-9-21-8-22-25)16-15(18(16,2)3)11-4-12(19)6-13(20)5-11/h4-6,8-9,15-16H,7H2,1-3H3,(H,23,24). The van der Waals surface area contributed by atoms with Crippen molar-refractivity contribution in [2.45, 2.75) is 39.2 Å². The highest BCUT2D eigenvalue weighted by Crippen LogP contribution is 2.70. The zero-order valence-corrected chi connectivity index (χ0v) is 15.8. The molecule has 1 aliphatic carbocycles. The molecule has 0 radical (unpaired) electrons. The van der Waals surface area contributed by atoms with Crippen molar-refractivity contribution < 1.29 is 0 Å². The van der Waals surface area contributed by atoms with Crippen LogP contribution in [-0.2, 0) is 6.54 Å². The topological polar surface area (TPSA) is 59.4 Å². The van der Waals surface area contributed by atoms with Gasteiger partial charge in [0, 0.05) is 21.7 Å². The Hall–Kier alpha value is -1.85. The molecule has 1 aliphatic rings. The number of benzene rings is 1. The van der Waals surface area contributed by atoms with E-state index in [1.807, 2.05) is 12.1 Å². The molecule has 0 saturated heterocycles. The molecule has 1 aromatic carbocycles. The largest absolute Gasteiger partial charge is 0.344 e. The normalized spacial score (nSPS) is 21.5. The number of halogens is 2. The Kier molecular flexibility index (Phi) is 3.89. The van der Waals surface area contributed by atoms with Gasteiger partial charge in [0.15, 0.2) is 0 Å². The van der Waals surface area contributed by atoms with Gasteiger partial charge in [-0.2, -0.15) is 5.10 Å². The molecule has 2 heterocycles. The summed E-state index contributed by atoms with van der Waals surface area (Å²) in [5.41, 5.74) is 3.50. The Morgan fingerprint density at radius 2 is 1.88 bits per heavy atom. The molecule has 7 heteroatoms. The molecular weight excluding hydrogens is 357 g/mol. The number of aromatic amines is 1. The van der Waals surface area contributed by atoms with Crippen LogP contribution in [0.25, 0.3) is 0 Å². The zero-order chi connectivity index (χ0) is 17.8. The number of rotatable bonds is 4. The van der Waals surface area contributed by atoms with Crippen LogP contribution in [0.4, 0.5) is 0 Å². The van der Waals surface area contributed by atoms with Gasteiger partial charge < -0.3 is 4.98 Å². The SMILES string of the molecule is Cc1[nH]c(Cn2cncn2)nc1C1C(c2cc(Cl)cc(Cl)c2)C1(C)C. The summed E-state index contributed by atoms with van der Waals surface area (Å²) >= 11 is 12.4. The van der Waals surface area contributed by atoms with Crippen molar-refractivity contribution in [2.24, 2.45) is 5.41 Å². The number of hydrogen-bond donors (Lipinski definition) is 1. The summed E-state index contributed by atoms with van der Waals surface area (Å²) in [4.78, 5) is 12.2. The summed E-state index contributed by atoms with van der Waals surface area (Å²) in [6.07, 6.45) is 3.22. The predicted octanol–water partition coefficient (Wildman–Crippen LogP) is 4.57. The van der Waals surface area contributed by atoms with Crippen molar-refractivity contribution in [2.75, 3.05) is 0 Å². The van der Waals surface area contributed by atoms with Gasteiger partial charge in [-0.15, -0.1) is 0 Å². The first-order valence-electron chi connectivity index (χ1n) is 8.20. The second-order valence-corrected chi connectivity index (χ2v) is 8.14. The minimum Gasteiger partial charge on any atom is -0.344 e. The molecule has 130 valence electrons. The first-order chi connectivity index (χ1) is 11.9. The van der Waals surface area contributed by atoms with Gasteiger partial charge in [0.05, 0.1) is 5.69 Å². The van der Waals surface area contributed by atoms with Crippen LogP contribution in [-0.4, -0.2) is 24.7 Å². The molecule has 0 spiro atoms. The van der Waals surface area contributed by atoms with E-state index in [0.717, 1.165) is 17.2 Å². The fraction of sp³-hybridized carbons (Fsp3) is 0.389. The molecule has 2 aromatic heterocycles. The maximum absolute atomic E-state index is 6.20. The molecular formula is C18H19Cl2N5. The van der Waals surface area contributed by atoms with Crippen molar-refractivity contribution in [3.63, 3.8) is 0 Å². The monoisotopic (exact) mass is 375 g/mol. The van der Waals surface area contributed by atoms with Gasteiger partial charge in [-0.1, -0.05) is 37.0 Å². The number of nitrogens with one attached hydrogen (secondary N) is 1. The molecule has 0 aliphatic heterocycles. The first kappa shape index (κ1) is 16.6. The maximum atomic E-state index is 6.20. The molecule has 2 unspecified atom stereocenters. The van der Waals surface area contributed by atoms with Crippen molar-refractivity contribution in [1.82, 2.24) is 24.7 Å². The highest BCUT2D eigenvalue weighted by atomic mass is 35.5. The van der Waals surface area contributed by atoms with Gasteiger partial charge in [-0.05, 0) is 42.0 Å². The second kappa shape index (κ2) is 5.85. The minimum atomic E-state index is 0.110. The van der Waals surface area contributed by atoms with Gasteiger partial charge in [-0.3, -0.25) is 0 Å². The molecule has 1 saturated carbocycles. The van der Waals surface area contributed by atoms with E-state index in [9.17, 15) is 0 Å². The molecule has 1 N–H and O–H groups in total. The van der Waals surface area contributed by atoms with Gasteiger partial charge in [0.25, 0.3) is 0 Å². The van der Waals surface area contributed by atoms with E-state index in [-0.39, 0.29) is 5.41 Å². The third-order valence-electron chi connectivity index (χ3n) is 5.12. The molecule has 0 amide bonds. The van der Waals surface area contributed by atoms with E-state index < -0.39 is 0 Å². The minimum absolute atomic E-state index is 0.110.